The third-order valence-electron chi connectivity index (χ3n) is 4.83. The van der Waals surface area contributed by atoms with Crippen molar-refractivity contribution in [3.05, 3.63) is 29.3 Å². The number of nitrogens with zero attached hydrogens (tertiary/aromatic N) is 1. The molecule has 0 unspecified atom stereocenters. The van der Waals surface area contributed by atoms with Crippen molar-refractivity contribution in [1.82, 2.24) is 10.6 Å². The van der Waals surface area contributed by atoms with Crippen molar-refractivity contribution in [2.24, 2.45) is 0 Å². The predicted molar refractivity (Wildman–Crippen MR) is 92.2 cm³/mol. The first-order valence-electron chi connectivity index (χ1n) is 8.59. The van der Waals surface area contributed by atoms with Crippen LogP contribution in [0.5, 0.6) is 0 Å². The number of anilines is 1. The molecular weight excluding hydrogens is 306 g/mol. The van der Waals surface area contributed by atoms with E-state index in [0.29, 0.717) is 19.5 Å². The van der Waals surface area contributed by atoms with Gasteiger partial charge in [-0.15, -0.1) is 0 Å². The average Bonchev–Trinajstić information content (AvgIpc) is 3.19. The number of carbonyl (C=O) groups is 2. The van der Waals surface area contributed by atoms with Crippen molar-refractivity contribution in [3.63, 3.8) is 0 Å². The molecule has 2 heterocycles. The van der Waals surface area contributed by atoms with E-state index in [0.717, 1.165) is 30.7 Å². The highest BCUT2D eigenvalue weighted by Crippen LogP contribution is 2.24. The Bertz CT molecular complexity index is 626. The molecule has 0 saturated carbocycles. The summed E-state index contributed by atoms with van der Waals surface area (Å²) in [6.45, 7) is 5.97. The summed E-state index contributed by atoms with van der Waals surface area (Å²) in [6.07, 6.45) is 2.74. The highest BCUT2D eigenvalue weighted by atomic mass is 16.5. The zero-order chi connectivity index (χ0) is 17.1. The van der Waals surface area contributed by atoms with E-state index in [1.54, 1.807) is 4.90 Å². The Balaban J connectivity index is 1.53. The summed E-state index contributed by atoms with van der Waals surface area (Å²) in [5.74, 6) is -0.0504. The summed E-state index contributed by atoms with van der Waals surface area (Å²) < 4.78 is 5.47. The second-order valence-electron chi connectivity index (χ2n) is 6.59. The monoisotopic (exact) mass is 331 g/mol. The summed E-state index contributed by atoms with van der Waals surface area (Å²) in [4.78, 5) is 26.3. The molecule has 3 amide bonds. The highest BCUT2D eigenvalue weighted by Gasteiger charge is 2.33. The SMILES string of the molecule is Cc1ccc(N2CC[C@@H](NC(=O)NC[C@@H]3CCCO3)C2=O)cc1C. The molecule has 2 N–H and O–H groups in total. The molecule has 2 aliphatic heterocycles. The number of ether oxygens (including phenoxy) is 1. The van der Waals surface area contributed by atoms with Crippen molar-refractivity contribution >= 4 is 17.6 Å². The minimum Gasteiger partial charge on any atom is -0.376 e. The number of urea groups is 1. The summed E-state index contributed by atoms with van der Waals surface area (Å²) in [7, 11) is 0. The Morgan fingerprint density at radius 1 is 1.29 bits per heavy atom. The van der Waals surface area contributed by atoms with Gasteiger partial charge >= 0.3 is 6.03 Å². The van der Waals surface area contributed by atoms with Crippen LogP contribution < -0.4 is 15.5 Å². The fraction of sp³-hybridized carbons (Fsp3) is 0.556. The molecule has 2 atom stereocenters. The van der Waals surface area contributed by atoms with Gasteiger partial charge in [0.15, 0.2) is 0 Å². The molecular formula is C18H25N3O3. The topological polar surface area (TPSA) is 70.7 Å². The van der Waals surface area contributed by atoms with Gasteiger partial charge in [0.25, 0.3) is 0 Å². The molecule has 2 saturated heterocycles. The zero-order valence-corrected chi connectivity index (χ0v) is 14.3. The molecule has 3 rings (SSSR count). The molecule has 2 aliphatic rings. The van der Waals surface area contributed by atoms with Gasteiger partial charge in [0.1, 0.15) is 6.04 Å². The molecule has 1 aromatic carbocycles. The Morgan fingerprint density at radius 2 is 2.12 bits per heavy atom. The maximum atomic E-state index is 12.6. The number of aryl methyl sites for hydroxylation is 2. The maximum Gasteiger partial charge on any atom is 0.315 e. The third-order valence-corrected chi connectivity index (χ3v) is 4.83. The largest absolute Gasteiger partial charge is 0.376 e. The lowest BCUT2D eigenvalue weighted by Crippen LogP contribution is -2.47. The molecule has 0 spiro atoms. The third kappa shape index (κ3) is 3.70. The molecule has 0 aromatic heterocycles. The van der Waals surface area contributed by atoms with E-state index in [2.05, 4.69) is 10.6 Å². The quantitative estimate of drug-likeness (QED) is 0.885. The Labute approximate surface area is 142 Å². The molecule has 1 aromatic rings. The van der Waals surface area contributed by atoms with Gasteiger partial charge in [-0.25, -0.2) is 4.79 Å². The van der Waals surface area contributed by atoms with E-state index < -0.39 is 6.04 Å². The molecule has 130 valence electrons. The smallest absolute Gasteiger partial charge is 0.315 e. The van der Waals surface area contributed by atoms with Crippen LogP contribution in [0.25, 0.3) is 0 Å². The lowest BCUT2D eigenvalue weighted by Gasteiger charge is -2.19. The molecule has 6 nitrogen and oxygen atoms in total. The number of carbonyl (C=O) groups excluding carboxylic acids is 2. The zero-order valence-electron chi connectivity index (χ0n) is 14.3. The molecule has 0 aliphatic carbocycles. The first-order chi connectivity index (χ1) is 11.5. The Morgan fingerprint density at radius 3 is 2.83 bits per heavy atom. The average molecular weight is 331 g/mol. The first kappa shape index (κ1) is 16.8. The van der Waals surface area contributed by atoms with Gasteiger partial charge < -0.3 is 20.3 Å². The molecule has 0 bridgehead atoms. The van der Waals surface area contributed by atoms with Crippen LogP contribution in [0.2, 0.25) is 0 Å². The fourth-order valence-electron chi connectivity index (χ4n) is 3.18. The van der Waals surface area contributed by atoms with Crippen LogP contribution >= 0.6 is 0 Å². The summed E-state index contributed by atoms with van der Waals surface area (Å²) in [5.41, 5.74) is 3.26. The molecule has 24 heavy (non-hydrogen) atoms. The van der Waals surface area contributed by atoms with Crippen LogP contribution in [-0.4, -0.2) is 43.8 Å². The minimum atomic E-state index is -0.462. The first-order valence-corrected chi connectivity index (χ1v) is 8.59. The maximum absolute atomic E-state index is 12.6. The molecule has 2 fully saturated rings. The van der Waals surface area contributed by atoms with Crippen LogP contribution in [0.15, 0.2) is 18.2 Å². The van der Waals surface area contributed by atoms with Crippen LogP contribution in [-0.2, 0) is 9.53 Å². The normalized spacial score (nSPS) is 23.6. The van der Waals surface area contributed by atoms with Gasteiger partial charge in [0, 0.05) is 25.4 Å². The molecule has 6 heteroatoms. The van der Waals surface area contributed by atoms with E-state index in [-0.39, 0.29) is 18.0 Å². The van der Waals surface area contributed by atoms with Crippen molar-refractivity contribution in [3.8, 4) is 0 Å². The van der Waals surface area contributed by atoms with Crippen LogP contribution in [0, 0.1) is 13.8 Å². The highest BCUT2D eigenvalue weighted by molar-refractivity contribution is 6.01. The number of rotatable bonds is 4. The van der Waals surface area contributed by atoms with Crippen LogP contribution in [0.4, 0.5) is 10.5 Å². The van der Waals surface area contributed by atoms with Crippen molar-refractivity contribution in [2.75, 3.05) is 24.6 Å². The van der Waals surface area contributed by atoms with E-state index in [9.17, 15) is 9.59 Å². The number of hydrogen-bond donors (Lipinski definition) is 2. The fourth-order valence-corrected chi connectivity index (χ4v) is 3.18. The molecule has 0 radical (unpaired) electrons. The second-order valence-corrected chi connectivity index (χ2v) is 6.59. The lowest BCUT2D eigenvalue weighted by atomic mass is 10.1. The number of hydrogen-bond acceptors (Lipinski definition) is 3. The van der Waals surface area contributed by atoms with Crippen molar-refractivity contribution < 1.29 is 14.3 Å². The van der Waals surface area contributed by atoms with Crippen molar-refractivity contribution in [2.45, 2.75) is 45.3 Å². The minimum absolute atomic E-state index is 0.0504. The van der Waals surface area contributed by atoms with Gasteiger partial charge in [-0.3, -0.25) is 4.79 Å². The van der Waals surface area contributed by atoms with Crippen LogP contribution in [0.1, 0.15) is 30.4 Å². The Hall–Kier alpha value is -2.08. The van der Waals surface area contributed by atoms with E-state index in [1.807, 2.05) is 32.0 Å². The summed E-state index contributed by atoms with van der Waals surface area (Å²) in [6, 6.07) is 5.24. The van der Waals surface area contributed by atoms with Gasteiger partial charge in [-0.05, 0) is 56.4 Å². The summed E-state index contributed by atoms with van der Waals surface area (Å²) >= 11 is 0. The van der Waals surface area contributed by atoms with Gasteiger partial charge in [-0.1, -0.05) is 6.07 Å². The number of benzene rings is 1. The van der Waals surface area contributed by atoms with Crippen LogP contribution in [0.3, 0.4) is 0 Å². The number of nitrogens with one attached hydrogen (secondary N) is 2. The number of amides is 3. The van der Waals surface area contributed by atoms with E-state index in [4.69, 9.17) is 4.74 Å². The lowest BCUT2D eigenvalue weighted by molar-refractivity contribution is -0.118. The predicted octanol–water partition coefficient (Wildman–Crippen LogP) is 1.89. The summed E-state index contributed by atoms with van der Waals surface area (Å²) in [5, 5.41) is 5.58. The Kier molecular flexibility index (Phi) is 5.04. The van der Waals surface area contributed by atoms with Gasteiger partial charge in [-0.2, -0.15) is 0 Å². The van der Waals surface area contributed by atoms with E-state index >= 15 is 0 Å². The van der Waals surface area contributed by atoms with E-state index in [1.165, 1.54) is 5.56 Å². The standard InChI is InChI=1S/C18H25N3O3/c1-12-5-6-14(10-13(12)2)21-8-7-16(17(21)22)20-18(23)19-11-15-4-3-9-24-15/h5-6,10,15-16H,3-4,7-9,11H2,1-2H3,(H2,19,20,23)/t15-,16+/m0/s1. The van der Waals surface area contributed by atoms with Gasteiger partial charge in [0.05, 0.1) is 6.10 Å². The van der Waals surface area contributed by atoms with Crippen molar-refractivity contribution in [1.29, 1.82) is 0 Å². The second kappa shape index (κ2) is 7.21. The van der Waals surface area contributed by atoms with Gasteiger partial charge in [0.2, 0.25) is 5.91 Å².